The van der Waals surface area contributed by atoms with Crippen LogP contribution in [0.2, 0.25) is 0 Å². The summed E-state index contributed by atoms with van der Waals surface area (Å²) in [5.41, 5.74) is 1.22. The summed E-state index contributed by atoms with van der Waals surface area (Å²) in [5, 5.41) is 0. The minimum atomic E-state index is 0.872. The maximum absolute atomic E-state index is 5.26. The van der Waals surface area contributed by atoms with Gasteiger partial charge in [-0.3, -0.25) is 9.89 Å². The largest absolute Gasteiger partial charge is 0.379 e. The Kier molecular flexibility index (Phi) is 2.54. The highest BCUT2D eigenvalue weighted by atomic mass is 16.5. The Balaban J connectivity index is 1.81. The second-order valence-corrected chi connectivity index (χ2v) is 3.12. The molecule has 3 nitrogen and oxygen atoms in total. The van der Waals surface area contributed by atoms with Gasteiger partial charge in [-0.05, 0) is 6.08 Å². The lowest BCUT2D eigenvalue weighted by Crippen LogP contribution is -2.39. The monoisotopic (exact) mass is 166 g/mol. The molecule has 0 aromatic rings. The van der Waals surface area contributed by atoms with Crippen LogP contribution in [0.1, 0.15) is 0 Å². The van der Waals surface area contributed by atoms with E-state index in [1.807, 2.05) is 0 Å². The second kappa shape index (κ2) is 3.83. The summed E-state index contributed by atoms with van der Waals surface area (Å²) in [6, 6.07) is 0. The molecule has 1 fully saturated rings. The summed E-state index contributed by atoms with van der Waals surface area (Å²) < 4.78 is 5.26. The number of rotatable bonds is 2. The first-order chi connectivity index (χ1) is 5.95. The van der Waals surface area contributed by atoms with E-state index in [-0.39, 0.29) is 0 Å². The van der Waals surface area contributed by atoms with Gasteiger partial charge in [-0.1, -0.05) is 6.08 Å². The van der Waals surface area contributed by atoms with E-state index >= 15 is 0 Å². The normalized spacial score (nSPS) is 24.5. The average molecular weight is 166 g/mol. The van der Waals surface area contributed by atoms with Crippen molar-refractivity contribution in [1.82, 2.24) is 4.90 Å². The summed E-state index contributed by atoms with van der Waals surface area (Å²) >= 11 is 0. The van der Waals surface area contributed by atoms with Gasteiger partial charge in [-0.25, -0.2) is 0 Å². The lowest BCUT2D eigenvalue weighted by Gasteiger charge is -2.25. The van der Waals surface area contributed by atoms with Crippen molar-refractivity contribution >= 4 is 5.71 Å². The first-order valence-electron chi connectivity index (χ1n) is 4.45. The molecule has 0 aromatic heterocycles. The average Bonchev–Trinajstić information content (AvgIpc) is 2.59. The number of aliphatic imine (C=N–C) groups is 1. The summed E-state index contributed by atoms with van der Waals surface area (Å²) in [6.45, 7) is 5.72. The summed E-state index contributed by atoms with van der Waals surface area (Å²) in [4.78, 5) is 6.74. The van der Waals surface area contributed by atoms with Gasteiger partial charge in [-0.15, -0.1) is 0 Å². The Morgan fingerprint density at radius 3 is 2.92 bits per heavy atom. The minimum absolute atomic E-state index is 0.872. The molecule has 0 aromatic carbocycles. The molecule has 0 atom stereocenters. The van der Waals surface area contributed by atoms with Crippen LogP contribution in [-0.4, -0.2) is 50.0 Å². The third-order valence-corrected chi connectivity index (χ3v) is 2.20. The van der Waals surface area contributed by atoms with Gasteiger partial charge in [0, 0.05) is 25.3 Å². The molecule has 2 aliphatic heterocycles. The maximum atomic E-state index is 5.26. The maximum Gasteiger partial charge on any atom is 0.0594 e. The molecule has 0 spiro atoms. The van der Waals surface area contributed by atoms with Gasteiger partial charge in [0.2, 0.25) is 0 Å². The molecule has 1 saturated heterocycles. The number of hydrogen-bond donors (Lipinski definition) is 0. The molecule has 0 bridgehead atoms. The van der Waals surface area contributed by atoms with Crippen molar-refractivity contribution in [1.29, 1.82) is 0 Å². The quantitative estimate of drug-likeness (QED) is 0.590. The van der Waals surface area contributed by atoms with Crippen LogP contribution < -0.4 is 0 Å². The van der Waals surface area contributed by atoms with Gasteiger partial charge in [0.25, 0.3) is 0 Å². The molecule has 2 heterocycles. The predicted octanol–water partition coefficient (Wildman–Crippen LogP) is 0.329. The van der Waals surface area contributed by atoms with E-state index < -0.39 is 0 Å². The lowest BCUT2D eigenvalue weighted by atomic mass is 10.3. The van der Waals surface area contributed by atoms with Crippen LogP contribution >= 0.6 is 0 Å². The zero-order chi connectivity index (χ0) is 8.23. The Morgan fingerprint density at radius 1 is 1.42 bits per heavy atom. The third-order valence-electron chi connectivity index (χ3n) is 2.20. The van der Waals surface area contributed by atoms with Gasteiger partial charge in [-0.2, -0.15) is 0 Å². The highest BCUT2D eigenvalue weighted by Gasteiger charge is 2.12. The molecule has 0 N–H and O–H groups in total. The van der Waals surface area contributed by atoms with Crippen molar-refractivity contribution in [2.75, 3.05) is 39.4 Å². The van der Waals surface area contributed by atoms with E-state index in [0.29, 0.717) is 0 Å². The standard InChI is InChI=1S/C9H14N2O/c1-2-9(10-3-1)8-11-4-6-12-7-5-11/h1-2H,3-8H2. The lowest BCUT2D eigenvalue weighted by molar-refractivity contribution is 0.0454. The highest BCUT2D eigenvalue weighted by Crippen LogP contribution is 2.00. The Morgan fingerprint density at radius 2 is 2.25 bits per heavy atom. The fourth-order valence-electron chi connectivity index (χ4n) is 1.50. The number of ether oxygens (including phenoxy) is 1. The van der Waals surface area contributed by atoms with Crippen LogP contribution in [0.3, 0.4) is 0 Å². The zero-order valence-electron chi connectivity index (χ0n) is 7.20. The van der Waals surface area contributed by atoms with Crippen LogP contribution in [0.4, 0.5) is 0 Å². The Labute approximate surface area is 72.7 Å². The molecular formula is C9H14N2O. The minimum Gasteiger partial charge on any atom is -0.379 e. The van der Waals surface area contributed by atoms with Gasteiger partial charge in [0.15, 0.2) is 0 Å². The van der Waals surface area contributed by atoms with Crippen molar-refractivity contribution in [3.05, 3.63) is 12.2 Å². The summed E-state index contributed by atoms with van der Waals surface area (Å²) in [7, 11) is 0. The van der Waals surface area contributed by atoms with Gasteiger partial charge in [0.1, 0.15) is 0 Å². The zero-order valence-corrected chi connectivity index (χ0v) is 7.20. The van der Waals surface area contributed by atoms with E-state index in [0.717, 1.165) is 39.4 Å². The fraction of sp³-hybridized carbons (Fsp3) is 0.667. The van der Waals surface area contributed by atoms with Crippen molar-refractivity contribution < 1.29 is 4.74 Å². The molecule has 0 unspecified atom stereocenters. The summed E-state index contributed by atoms with van der Waals surface area (Å²) in [5.74, 6) is 0. The Bertz CT molecular complexity index is 205. The van der Waals surface area contributed by atoms with Gasteiger partial charge >= 0.3 is 0 Å². The van der Waals surface area contributed by atoms with Gasteiger partial charge < -0.3 is 4.74 Å². The van der Waals surface area contributed by atoms with Crippen molar-refractivity contribution in [3.8, 4) is 0 Å². The van der Waals surface area contributed by atoms with Crippen LogP contribution in [0, 0.1) is 0 Å². The van der Waals surface area contributed by atoms with Crippen molar-refractivity contribution in [2.45, 2.75) is 0 Å². The topological polar surface area (TPSA) is 24.8 Å². The highest BCUT2D eigenvalue weighted by molar-refractivity contribution is 5.98. The van der Waals surface area contributed by atoms with Crippen LogP contribution in [-0.2, 0) is 4.74 Å². The molecule has 0 aliphatic carbocycles. The number of nitrogens with zero attached hydrogens (tertiary/aromatic N) is 2. The number of morpholine rings is 1. The van der Waals surface area contributed by atoms with Gasteiger partial charge in [0.05, 0.1) is 19.8 Å². The fourth-order valence-corrected chi connectivity index (χ4v) is 1.50. The predicted molar refractivity (Wildman–Crippen MR) is 48.7 cm³/mol. The third kappa shape index (κ3) is 1.93. The smallest absolute Gasteiger partial charge is 0.0594 e. The van der Waals surface area contributed by atoms with Crippen LogP contribution in [0.15, 0.2) is 17.1 Å². The first kappa shape index (κ1) is 7.95. The van der Waals surface area contributed by atoms with Crippen molar-refractivity contribution in [2.24, 2.45) is 4.99 Å². The summed E-state index contributed by atoms with van der Waals surface area (Å²) in [6.07, 6.45) is 4.23. The molecular weight excluding hydrogens is 152 g/mol. The Hall–Kier alpha value is -0.670. The molecule has 3 heteroatoms. The molecule has 0 radical (unpaired) electrons. The van der Waals surface area contributed by atoms with Crippen LogP contribution in [0.5, 0.6) is 0 Å². The van der Waals surface area contributed by atoms with Crippen molar-refractivity contribution in [3.63, 3.8) is 0 Å². The molecule has 66 valence electrons. The SMILES string of the molecule is C1=CC(CN2CCOCC2)=NC1. The molecule has 2 aliphatic rings. The first-order valence-corrected chi connectivity index (χ1v) is 4.45. The van der Waals surface area contributed by atoms with E-state index in [9.17, 15) is 0 Å². The van der Waals surface area contributed by atoms with E-state index in [1.165, 1.54) is 5.71 Å². The van der Waals surface area contributed by atoms with E-state index in [4.69, 9.17) is 4.74 Å². The molecule has 0 amide bonds. The van der Waals surface area contributed by atoms with E-state index in [2.05, 4.69) is 22.0 Å². The van der Waals surface area contributed by atoms with E-state index in [1.54, 1.807) is 0 Å². The molecule has 2 rings (SSSR count). The van der Waals surface area contributed by atoms with Crippen LogP contribution in [0.25, 0.3) is 0 Å². The molecule has 12 heavy (non-hydrogen) atoms. The number of hydrogen-bond acceptors (Lipinski definition) is 3. The molecule has 0 saturated carbocycles. The second-order valence-electron chi connectivity index (χ2n) is 3.12.